The van der Waals surface area contributed by atoms with Gasteiger partial charge in [0.1, 0.15) is 6.61 Å². The van der Waals surface area contributed by atoms with Crippen molar-refractivity contribution in [1.29, 1.82) is 0 Å². The van der Waals surface area contributed by atoms with Gasteiger partial charge in [0.05, 0.1) is 12.0 Å². The smallest absolute Gasteiger partial charge is 0.266 e. The molecule has 0 radical (unpaired) electrons. The summed E-state index contributed by atoms with van der Waals surface area (Å²) >= 11 is 1.42. The average Bonchev–Trinajstić information content (AvgIpc) is 3.01. The van der Waals surface area contributed by atoms with Gasteiger partial charge in [0, 0.05) is 12.1 Å². The maximum atomic E-state index is 13.0. The van der Waals surface area contributed by atoms with Crippen LogP contribution in [0.15, 0.2) is 52.4 Å². The molecule has 1 aliphatic rings. The number of aliphatic imine (C=N–C) groups is 1. The molecule has 3 rings (SSSR count). The number of nitrogens with zero attached hydrogens (tertiary/aromatic N) is 2. The van der Waals surface area contributed by atoms with Gasteiger partial charge in [-0.3, -0.25) is 14.7 Å². The summed E-state index contributed by atoms with van der Waals surface area (Å²) in [5.41, 5.74) is 3.18. The summed E-state index contributed by atoms with van der Waals surface area (Å²) in [6, 6.07) is 14.1. The first kappa shape index (κ1) is 22.9. The zero-order chi connectivity index (χ0) is 22.5. The summed E-state index contributed by atoms with van der Waals surface area (Å²) in [5.74, 6) is 1.29. The molecule has 2 aromatic rings. The highest BCUT2D eigenvalue weighted by Crippen LogP contribution is 2.36. The molecule has 164 valence electrons. The van der Waals surface area contributed by atoms with E-state index in [1.165, 1.54) is 17.3 Å². The van der Waals surface area contributed by atoms with Crippen LogP contribution < -0.4 is 9.47 Å². The Balaban J connectivity index is 1.82. The van der Waals surface area contributed by atoms with Gasteiger partial charge in [-0.15, -0.1) is 0 Å². The Hall–Kier alpha value is -2.73. The van der Waals surface area contributed by atoms with Gasteiger partial charge in [-0.05, 0) is 75.7 Å². The molecular weight excluding hydrogens is 408 g/mol. The minimum Gasteiger partial charge on any atom is -0.493 e. The minimum absolute atomic E-state index is 0.0156. The molecule has 0 atom stereocenters. The summed E-state index contributed by atoms with van der Waals surface area (Å²) in [4.78, 5) is 20.0. The molecule has 0 N–H and O–H groups in total. The molecule has 0 aromatic heterocycles. The van der Waals surface area contributed by atoms with Crippen molar-refractivity contribution in [3.63, 3.8) is 0 Å². The van der Waals surface area contributed by atoms with Crippen LogP contribution in [0.4, 0.5) is 0 Å². The van der Waals surface area contributed by atoms with Crippen LogP contribution in [0.5, 0.6) is 11.5 Å². The van der Waals surface area contributed by atoms with E-state index in [1.54, 1.807) is 12.0 Å². The zero-order valence-electron chi connectivity index (χ0n) is 19.0. The number of thioether (sulfide) groups is 1. The Bertz CT molecular complexity index is 1010. The van der Waals surface area contributed by atoms with E-state index in [-0.39, 0.29) is 18.0 Å². The molecule has 2 aromatic carbocycles. The number of hydrogen-bond acceptors (Lipinski definition) is 5. The van der Waals surface area contributed by atoms with Crippen LogP contribution in [0, 0.1) is 6.92 Å². The fourth-order valence-corrected chi connectivity index (χ4v) is 4.49. The lowest BCUT2D eigenvalue weighted by atomic mass is 10.1. The van der Waals surface area contributed by atoms with Crippen LogP contribution in [0.25, 0.3) is 6.08 Å². The van der Waals surface area contributed by atoms with E-state index in [0.29, 0.717) is 23.0 Å². The molecule has 1 aliphatic heterocycles. The van der Waals surface area contributed by atoms with Gasteiger partial charge in [0.15, 0.2) is 16.7 Å². The molecule has 1 fully saturated rings. The van der Waals surface area contributed by atoms with E-state index in [1.807, 2.05) is 64.1 Å². The van der Waals surface area contributed by atoms with E-state index >= 15 is 0 Å². The van der Waals surface area contributed by atoms with Crippen molar-refractivity contribution in [2.45, 2.75) is 53.3 Å². The van der Waals surface area contributed by atoms with Gasteiger partial charge in [-0.1, -0.05) is 35.9 Å². The highest BCUT2D eigenvalue weighted by atomic mass is 32.2. The highest BCUT2D eigenvalue weighted by molar-refractivity contribution is 8.18. The standard InChI is InChI=1S/C25H30N2O3S/c1-16(2)26-25-27(17(3)4)24(28)23(31-25)14-19-10-11-21(22(13-19)29-6)30-15-20-9-7-8-18(5)12-20/h7-14,16-17H,15H2,1-6H3/b23-14+,26-25?. The Morgan fingerprint density at radius 1 is 1.10 bits per heavy atom. The van der Waals surface area contributed by atoms with Crippen LogP contribution in [0.3, 0.4) is 0 Å². The minimum atomic E-state index is -0.0156. The SMILES string of the molecule is COc1cc(/C=C2/SC(=NC(C)C)N(C(C)C)C2=O)ccc1OCc1cccc(C)c1. The number of carbonyl (C=O) groups excluding carboxylic acids is 1. The molecule has 5 nitrogen and oxygen atoms in total. The number of hydrogen-bond donors (Lipinski definition) is 0. The second kappa shape index (κ2) is 10.1. The third-order valence-electron chi connectivity index (χ3n) is 4.68. The fourth-order valence-electron chi connectivity index (χ4n) is 3.26. The Morgan fingerprint density at radius 2 is 1.87 bits per heavy atom. The Labute approximate surface area is 189 Å². The van der Waals surface area contributed by atoms with E-state index in [0.717, 1.165) is 16.3 Å². The van der Waals surface area contributed by atoms with Gasteiger partial charge in [-0.2, -0.15) is 0 Å². The lowest BCUT2D eigenvalue weighted by molar-refractivity contribution is -0.123. The van der Waals surface area contributed by atoms with E-state index in [2.05, 4.69) is 24.0 Å². The van der Waals surface area contributed by atoms with Crippen molar-refractivity contribution in [2.75, 3.05) is 7.11 Å². The topological polar surface area (TPSA) is 51.1 Å². The second-order valence-electron chi connectivity index (χ2n) is 8.07. The molecule has 6 heteroatoms. The first-order valence-corrected chi connectivity index (χ1v) is 11.3. The number of amidine groups is 1. The molecule has 0 spiro atoms. The van der Waals surface area contributed by atoms with Crippen molar-refractivity contribution in [3.8, 4) is 11.5 Å². The Kier molecular flexibility index (Phi) is 7.44. The molecule has 31 heavy (non-hydrogen) atoms. The van der Waals surface area contributed by atoms with Crippen molar-refractivity contribution in [3.05, 3.63) is 64.1 Å². The van der Waals surface area contributed by atoms with Crippen LogP contribution >= 0.6 is 11.8 Å². The third-order valence-corrected chi connectivity index (χ3v) is 5.68. The fraction of sp³-hybridized carbons (Fsp3) is 0.360. The number of carbonyl (C=O) groups is 1. The van der Waals surface area contributed by atoms with E-state index in [9.17, 15) is 4.79 Å². The van der Waals surface area contributed by atoms with Gasteiger partial charge in [0.2, 0.25) is 0 Å². The van der Waals surface area contributed by atoms with E-state index in [4.69, 9.17) is 9.47 Å². The van der Waals surface area contributed by atoms with Crippen LogP contribution in [0.2, 0.25) is 0 Å². The van der Waals surface area contributed by atoms with Crippen molar-refractivity contribution in [1.82, 2.24) is 4.90 Å². The lowest BCUT2D eigenvalue weighted by Gasteiger charge is -2.20. The first-order chi connectivity index (χ1) is 14.8. The normalized spacial score (nSPS) is 16.8. The highest BCUT2D eigenvalue weighted by Gasteiger charge is 2.35. The molecule has 1 amide bonds. The van der Waals surface area contributed by atoms with Crippen molar-refractivity contribution in [2.24, 2.45) is 4.99 Å². The molecular formula is C25H30N2O3S. The van der Waals surface area contributed by atoms with Crippen molar-refractivity contribution < 1.29 is 14.3 Å². The average molecular weight is 439 g/mol. The molecule has 0 saturated carbocycles. The summed E-state index contributed by atoms with van der Waals surface area (Å²) in [5, 5.41) is 0.756. The van der Waals surface area contributed by atoms with Gasteiger partial charge in [0.25, 0.3) is 5.91 Å². The largest absolute Gasteiger partial charge is 0.493 e. The molecule has 0 unspecified atom stereocenters. The molecule has 0 aliphatic carbocycles. The first-order valence-electron chi connectivity index (χ1n) is 10.5. The van der Waals surface area contributed by atoms with Crippen LogP contribution in [-0.4, -0.2) is 35.2 Å². The number of benzene rings is 2. The van der Waals surface area contributed by atoms with Gasteiger partial charge >= 0.3 is 0 Å². The predicted molar refractivity (Wildman–Crippen MR) is 129 cm³/mol. The summed E-state index contributed by atoms with van der Waals surface area (Å²) < 4.78 is 11.5. The lowest BCUT2D eigenvalue weighted by Crippen LogP contribution is -2.35. The number of methoxy groups -OCH3 is 1. The molecule has 1 heterocycles. The second-order valence-corrected chi connectivity index (χ2v) is 9.08. The molecule has 1 saturated heterocycles. The maximum Gasteiger partial charge on any atom is 0.266 e. The van der Waals surface area contributed by atoms with Crippen LogP contribution in [0.1, 0.15) is 44.4 Å². The monoisotopic (exact) mass is 438 g/mol. The zero-order valence-corrected chi connectivity index (χ0v) is 19.8. The Morgan fingerprint density at radius 3 is 2.52 bits per heavy atom. The van der Waals surface area contributed by atoms with E-state index < -0.39 is 0 Å². The third kappa shape index (κ3) is 5.70. The summed E-state index contributed by atoms with van der Waals surface area (Å²) in [6.45, 7) is 10.6. The quantitative estimate of drug-likeness (QED) is 0.523. The predicted octanol–water partition coefficient (Wildman–Crippen LogP) is 5.67. The number of amides is 1. The summed E-state index contributed by atoms with van der Waals surface area (Å²) in [6.07, 6.45) is 1.89. The number of aryl methyl sites for hydroxylation is 1. The van der Waals surface area contributed by atoms with Crippen molar-refractivity contribution >= 4 is 28.9 Å². The van der Waals surface area contributed by atoms with Crippen LogP contribution in [-0.2, 0) is 11.4 Å². The van der Waals surface area contributed by atoms with Gasteiger partial charge in [-0.25, -0.2) is 0 Å². The number of ether oxygens (including phenoxy) is 2. The maximum absolute atomic E-state index is 13.0. The summed E-state index contributed by atoms with van der Waals surface area (Å²) in [7, 11) is 1.62. The number of rotatable bonds is 7. The van der Waals surface area contributed by atoms with Gasteiger partial charge < -0.3 is 9.47 Å². The molecule has 0 bridgehead atoms.